The number of carbonyl (C=O) groups excluding carboxylic acids is 1. The summed E-state index contributed by atoms with van der Waals surface area (Å²) in [6.07, 6.45) is 1.78. The molecule has 0 unspecified atom stereocenters. The van der Waals surface area contributed by atoms with Crippen LogP contribution in [0.3, 0.4) is 0 Å². The minimum absolute atomic E-state index is 0.106. The molecule has 3 rings (SSSR count). The van der Waals surface area contributed by atoms with E-state index < -0.39 is 0 Å². The van der Waals surface area contributed by atoms with Gasteiger partial charge in [-0.1, -0.05) is 41.7 Å². The Labute approximate surface area is 155 Å². The third-order valence-electron chi connectivity index (χ3n) is 3.60. The highest BCUT2D eigenvalue weighted by Crippen LogP contribution is 2.27. The second-order valence-corrected chi connectivity index (χ2v) is 6.44. The van der Waals surface area contributed by atoms with E-state index in [0.29, 0.717) is 23.7 Å². The SMILES string of the molecule is C=CCn1c(=NC(=O)COc2ccccc2)sc2cccc(OCC)c21. The van der Waals surface area contributed by atoms with Crippen LogP contribution in [0, 0.1) is 0 Å². The fraction of sp³-hybridized carbons (Fsp3) is 0.200. The lowest BCUT2D eigenvalue weighted by Gasteiger charge is -2.08. The summed E-state index contributed by atoms with van der Waals surface area (Å²) in [5.74, 6) is 1.08. The maximum atomic E-state index is 12.3. The van der Waals surface area contributed by atoms with Gasteiger partial charge in [-0.15, -0.1) is 6.58 Å². The molecule has 0 saturated carbocycles. The minimum atomic E-state index is -0.337. The van der Waals surface area contributed by atoms with Crippen molar-refractivity contribution in [2.75, 3.05) is 13.2 Å². The number of thiazole rings is 1. The molecule has 134 valence electrons. The molecule has 3 aromatic rings. The van der Waals surface area contributed by atoms with Gasteiger partial charge in [-0.3, -0.25) is 4.79 Å². The van der Waals surface area contributed by atoms with Crippen LogP contribution < -0.4 is 14.3 Å². The van der Waals surface area contributed by atoms with Crippen molar-refractivity contribution < 1.29 is 14.3 Å². The lowest BCUT2D eigenvalue weighted by atomic mass is 10.3. The molecule has 0 bridgehead atoms. The number of rotatable bonds is 7. The molecule has 0 aliphatic carbocycles. The Morgan fingerprint density at radius 2 is 2.00 bits per heavy atom. The summed E-state index contributed by atoms with van der Waals surface area (Å²) in [5, 5.41) is 0. The van der Waals surface area contributed by atoms with Gasteiger partial charge in [0.25, 0.3) is 5.91 Å². The lowest BCUT2D eigenvalue weighted by Crippen LogP contribution is -2.19. The zero-order valence-corrected chi connectivity index (χ0v) is 15.4. The molecular weight excluding hydrogens is 348 g/mol. The Kier molecular flexibility index (Phi) is 5.86. The van der Waals surface area contributed by atoms with Gasteiger partial charge in [0, 0.05) is 6.54 Å². The van der Waals surface area contributed by atoms with E-state index in [9.17, 15) is 4.79 Å². The Hall–Kier alpha value is -2.86. The van der Waals surface area contributed by atoms with E-state index in [4.69, 9.17) is 9.47 Å². The summed E-state index contributed by atoms with van der Waals surface area (Å²) in [6.45, 7) is 6.75. The molecule has 1 heterocycles. The highest BCUT2D eigenvalue weighted by molar-refractivity contribution is 7.16. The van der Waals surface area contributed by atoms with E-state index in [0.717, 1.165) is 16.0 Å². The van der Waals surface area contributed by atoms with Crippen LogP contribution >= 0.6 is 11.3 Å². The predicted octanol–water partition coefficient (Wildman–Crippen LogP) is 3.79. The predicted molar refractivity (Wildman–Crippen MR) is 104 cm³/mol. The molecular formula is C20H20N2O3S. The first-order valence-corrected chi connectivity index (χ1v) is 9.16. The smallest absolute Gasteiger partial charge is 0.286 e. The van der Waals surface area contributed by atoms with Gasteiger partial charge in [0.05, 0.1) is 11.3 Å². The zero-order valence-electron chi connectivity index (χ0n) is 14.6. The zero-order chi connectivity index (χ0) is 18.4. The van der Waals surface area contributed by atoms with Gasteiger partial charge in [-0.25, -0.2) is 0 Å². The first-order valence-electron chi connectivity index (χ1n) is 8.34. The number of amides is 1. The summed E-state index contributed by atoms with van der Waals surface area (Å²) in [4.78, 5) is 17.1. The van der Waals surface area contributed by atoms with E-state index in [1.165, 1.54) is 11.3 Å². The number of benzene rings is 2. The normalized spacial score (nSPS) is 11.5. The fourth-order valence-corrected chi connectivity index (χ4v) is 3.63. The van der Waals surface area contributed by atoms with Gasteiger partial charge in [0.2, 0.25) is 0 Å². The standard InChI is InChI=1S/C20H20N2O3S/c1-3-13-22-19-16(24-4-2)11-8-12-17(19)26-20(22)21-18(23)14-25-15-9-6-5-7-10-15/h3,5-12H,1,4,13-14H2,2H3. The highest BCUT2D eigenvalue weighted by Gasteiger charge is 2.12. The Morgan fingerprint density at radius 3 is 2.73 bits per heavy atom. The van der Waals surface area contributed by atoms with E-state index >= 15 is 0 Å². The second-order valence-electron chi connectivity index (χ2n) is 5.43. The van der Waals surface area contributed by atoms with E-state index in [2.05, 4.69) is 11.6 Å². The number of allylic oxidation sites excluding steroid dienone is 1. The van der Waals surface area contributed by atoms with Gasteiger partial charge in [0.15, 0.2) is 11.4 Å². The molecule has 5 nitrogen and oxygen atoms in total. The van der Waals surface area contributed by atoms with Crippen molar-refractivity contribution in [3.05, 3.63) is 66.0 Å². The number of hydrogen-bond donors (Lipinski definition) is 0. The molecule has 2 aromatic carbocycles. The van der Waals surface area contributed by atoms with Gasteiger partial charge < -0.3 is 14.0 Å². The maximum Gasteiger partial charge on any atom is 0.286 e. The topological polar surface area (TPSA) is 52.8 Å². The van der Waals surface area contributed by atoms with Crippen LogP contribution in [0.1, 0.15) is 6.92 Å². The largest absolute Gasteiger partial charge is 0.492 e. The van der Waals surface area contributed by atoms with Crippen molar-refractivity contribution in [2.45, 2.75) is 13.5 Å². The van der Waals surface area contributed by atoms with Crippen LogP contribution in [0.2, 0.25) is 0 Å². The summed E-state index contributed by atoms with van der Waals surface area (Å²) in [7, 11) is 0. The molecule has 0 radical (unpaired) electrons. The van der Waals surface area contributed by atoms with E-state index in [-0.39, 0.29) is 12.5 Å². The van der Waals surface area contributed by atoms with Crippen molar-refractivity contribution in [1.29, 1.82) is 0 Å². The van der Waals surface area contributed by atoms with Crippen LogP contribution in [-0.2, 0) is 11.3 Å². The number of carbonyl (C=O) groups is 1. The molecule has 6 heteroatoms. The summed E-state index contributed by atoms with van der Waals surface area (Å²) < 4.78 is 14.2. The van der Waals surface area contributed by atoms with Crippen LogP contribution in [0.5, 0.6) is 11.5 Å². The number of para-hydroxylation sites is 2. The lowest BCUT2D eigenvalue weighted by molar-refractivity contribution is -0.120. The molecule has 1 amide bonds. The Bertz CT molecular complexity index is 974. The quantitative estimate of drug-likeness (QED) is 0.596. The molecule has 26 heavy (non-hydrogen) atoms. The molecule has 0 fully saturated rings. The molecule has 0 aliphatic rings. The van der Waals surface area contributed by atoms with Gasteiger partial charge in [-0.2, -0.15) is 4.99 Å². The molecule has 0 atom stereocenters. The third kappa shape index (κ3) is 4.03. The van der Waals surface area contributed by atoms with Crippen molar-refractivity contribution in [2.24, 2.45) is 4.99 Å². The fourth-order valence-electron chi connectivity index (χ4n) is 2.55. The van der Waals surface area contributed by atoms with Crippen molar-refractivity contribution in [1.82, 2.24) is 4.57 Å². The van der Waals surface area contributed by atoms with Gasteiger partial charge in [0.1, 0.15) is 17.0 Å². The van der Waals surface area contributed by atoms with Crippen LogP contribution in [-0.4, -0.2) is 23.7 Å². The van der Waals surface area contributed by atoms with Crippen molar-refractivity contribution >= 4 is 27.5 Å². The Morgan fingerprint density at radius 1 is 1.19 bits per heavy atom. The van der Waals surface area contributed by atoms with Crippen molar-refractivity contribution in [3.63, 3.8) is 0 Å². The number of nitrogens with zero attached hydrogens (tertiary/aromatic N) is 2. The summed E-state index contributed by atoms with van der Waals surface area (Å²) in [6, 6.07) is 15.1. The maximum absolute atomic E-state index is 12.3. The summed E-state index contributed by atoms with van der Waals surface area (Å²) in [5.41, 5.74) is 0.926. The van der Waals surface area contributed by atoms with Gasteiger partial charge in [-0.05, 0) is 31.2 Å². The first-order chi connectivity index (χ1) is 12.7. The molecule has 0 saturated heterocycles. The molecule has 1 aromatic heterocycles. The van der Waals surface area contributed by atoms with Gasteiger partial charge >= 0.3 is 0 Å². The number of hydrogen-bond acceptors (Lipinski definition) is 4. The van der Waals surface area contributed by atoms with E-state index in [1.807, 2.05) is 47.9 Å². The van der Waals surface area contributed by atoms with Crippen LogP contribution in [0.4, 0.5) is 0 Å². The highest BCUT2D eigenvalue weighted by atomic mass is 32.1. The summed E-state index contributed by atoms with van der Waals surface area (Å²) >= 11 is 1.45. The Balaban J connectivity index is 1.94. The number of fused-ring (bicyclic) bond motifs is 1. The monoisotopic (exact) mass is 368 g/mol. The average Bonchev–Trinajstić information content (AvgIpc) is 3.00. The van der Waals surface area contributed by atoms with Crippen LogP contribution in [0.15, 0.2) is 66.2 Å². The third-order valence-corrected chi connectivity index (χ3v) is 4.65. The molecule has 0 spiro atoms. The number of aromatic nitrogens is 1. The average molecular weight is 368 g/mol. The minimum Gasteiger partial charge on any atom is -0.492 e. The van der Waals surface area contributed by atoms with Crippen molar-refractivity contribution in [3.8, 4) is 11.5 Å². The van der Waals surface area contributed by atoms with E-state index in [1.54, 1.807) is 18.2 Å². The van der Waals surface area contributed by atoms with Crippen LogP contribution in [0.25, 0.3) is 10.2 Å². The second kappa shape index (κ2) is 8.49. The first kappa shape index (κ1) is 17.9. The molecule has 0 aliphatic heterocycles. The number of ether oxygens (including phenoxy) is 2. The molecule has 0 N–H and O–H groups in total.